The number of hydrogen-bond donors (Lipinski definition) is 1. The average Bonchev–Trinajstić information content (AvgIpc) is 2.70. The molecule has 0 spiro atoms. The van der Waals surface area contributed by atoms with E-state index in [1.54, 1.807) is 0 Å². The lowest BCUT2D eigenvalue weighted by molar-refractivity contribution is 0.358. The molecule has 0 aromatic carbocycles. The van der Waals surface area contributed by atoms with E-state index in [-0.39, 0.29) is 0 Å². The van der Waals surface area contributed by atoms with Crippen LogP contribution in [0.3, 0.4) is 0 Å². The summed E-state index contributed by atoms with van der Waals surface area (Å²) in [6, 6.07) is 0.807. The van der Waals surface area contributed by atoms with E-state index in [0.29, 0.717) is 0 Å². The maximum absolute atomic E-state index is 3.67. The molecule has 1 rings (SSSR count). The van der Waals surface area contributed by atoms with Gasteiger partial charge in [0.1, 0.15) is 0 Å². The maximum Gasteiger partial charge on any atom is 0.0103 e. The third-order valence-electron chi connectivity index (χ3n) is 3.12. The fourth-order valence-electron chi connectivity index (χ4n) is 2.25. The van der Waals surface area contributed by atoms with Gasteiger partial charge in [-0.3, -0.25) is 0 Å². The van der Waals surface area contributed by atoms with Gasteiger partial charge in [0.2, 0.25) is 0 Å². The molecule has 2 heteroatoms. The van der Waals surface area contributed by atoms with Crippen LogP contribution < -0.4 is 5.32 Å². The van der Waals surface area contributed by atoms with Gasteiger partial charge in [-0.1, -0.05) is 33.1 Å². The molecular weight excluding hydrogens is 190 g/mol. The first-order valence-corrected chi connectivity index (χ1v) is 7.35. The van der Waals surface area contributed by atoms with Crippen LogP contribution in [0.15, 0.2) is 0 Å². The Morgan fingerprint density at radius 3 is 2.79 bits per heavy atom. The summed E-state index contributed by atoms with van der Waals surface area (Å²) in [4.78, 5) is 0. The molecule has 2 atom stereocenters. The molecule has 1 fully saturated rings. The molecule has 1 saturated heterocycles. The Morgan fingerprint density at radius 2 is 2.21 bits per heavy atom. The number of nitrogens with one attached hydrogen (secondary N) is 1. The second-order valence-electron chi connectivity index (χ2n) is 4.28. The Labute approximate surface area is 93.4 Å². The second-order valence-corrected chi connectivity index (χ2v) is 5.43. The van der Waals surface area contributed by atoms with Crippen molar-refractivity contribution >= 4 is 11.8 Å². The van der Waals surface area contributed by atoms with Gasteiger partial charge < -0.3 is 5.32 Å². The molecular formula is C12H25NS. The van der Waals surface area contributed by atoms with Crippen LogP contribution in [-0.4, -0.2) is 24.1 Å². The topological polar surface area (TPSA) is 12.0 Å². The van der Waals surface area contributed by atoms with Crippen molar-refractivity contribution in [3.8, 4) is 0 Å². The SMILES string of the molecule is CCCCCC(NCC)C1CCSC1. The maximum atomic E-state index is 3.67. The largest absolute Gasteiger partial charge is 0.314 e. The Kier molecular flexibility index (Phi) is 6.70. The molecule has 1 aliphatic heterocycles. The van der Waals surface area contributed by atoms with Crippen molar-refractivity contribution in [2.75, 3.05) is 18.1 Å². The van der Waals surface area contributed by atoms with Crippen LogP contribution in [0.4, 0.5) is 0 Å². The lowest BCUT2D eigenvalue weighted by Crippen LogP contribution is -2.36. The van der Waals surface area contributed by atoms with Crippen LogP contribution in [0.1, 0.15) is 46.0 Å². The highest BCUT2D eigenvalue weighted by Gasteiger charge is 2.23. The number of thioether (sulfide) groups is 1. The van der Waals surface area contributed by atoms with Crippen molar-refractivity contribution in [3.05, 3.63) is 0 Å². The van der Waals surface area contributed by atoms with Crippen molar-refractivity contribution in [2.24, 2.45) is 5.92 Å². The first-order chi connectivity index (χ1) is 6.88. The van der Waals surface area contributed by atoms with Crippen molar-refractivity contribution < 1.29 is 0 Å². The highest BCUT2D eigenvalue weighted by Crippen LogP contribution is 2.28. The molecule has 1 nitrogen and oxygen atoms in total. The lowest BCUT2D eigenvalue weighted by Gasteiger charge is -2.23. The monoisotopic (exact) mass is 215 g/mol. The van der Waals surface area contributed by atoms with E-state index in [1.165, 1.54) is 43.6 Å². The smallest absolute Gasteiger partial charge is 0.0103 e. The van der Waals surface area contributed by atoms with Gasteiger partial charge in [-0.05, 0) is 36.8 Å². The van der Waals surface area contributed by atoms with Crippen LogP contribution >= 0.6 is 11.8 Å². The molecule has 14 heavy (non-hydrogen) atoms. The third kappa shape index (κ3) is 4.22. The van der Waals surface area contributed by atoms with E-state index in [1.807, 2.05) is 0 Å². The predicted octanol–water partition coefficient (Wildman–Crippen LogP) is 3.30. The van der Waals surface area contributed by atoms with Crippen LogP contribution in [0.2, 0.25) is 0 Å². The lowest BCUT2D eigenvalue weighted by atomic mass is 9.94. The summed E-state index contributed by atoms with van der Waals surface area (Å²) in [7, 11) is 0. The van der Waals surface area contributed by atoms with Crippen molar-refractivity contribution in [3.63, 3.8) is 0 Å². The Morgan fingerprint density at radius 1 is 1.36 bits per heavy atom. The van der Waals surface area contributed by atoms with Gasteiger partial charge in [0, 0.05) is 6.04 Å². The van der Waals surface area contributed by atoms with Crippen molar-refractivity contribution in [1.82, 2.24) is 5.32 Å². The molecule has 0 aliphatic carbocycles. The molecule has 1 N–H and O–H groups in total. The van der Waals surface area contributed by atoms with Gasteiger partial charge in [0.25, 0.3) is 0 Å². The molecule has 0 aromatic rings. The summed E-state index contributed by atoms with van der Waals surface area (Å²) in [5.74, 6) is 3.74. The van der Waals surface area contributed by atoms with Crippen LogP contribution in [0, 0.1) is 5.92 Å². The van der Waals surface area contributed by atoms with Crippen LogP contribution in [0.5, 0.6) is 0 Å². The fraction of sp³-hybridized carbons (Fsp3) is 1.00. The molecule has 0 saturated carbocycles. The van der Waals surface area contributed by atoms with Gasteiger partial charge in [-0.2, -0.15) is 11.8 Å². The van der Waals surface area contributed by atoms with Crippen molar-refractivity contribution in [2.45, 2.75) is 52.0 Å². The molecule has 84 valence electrons. The van der Waals surface area contributed by atoms with E-state index >= 15 is 0 Å². The minimum atomic E-state index is 0.807. The average molecular weight is 215 g/mol. The summed E-state index contributed by atoms with van der Waals surface area (Å²) in [6.07, 6.45) is 7.00. The third-order valence-corrected chi connectivity index (χ3v) is 4.31. The number of rotatable bonds is 7. The minimum absolute atomic E-state index is 0.807. The first-order valence-electron chi connectivity index (χ1n) is 6.19. The second kappa shape index (κ2) is 7.58. The van der Waals surface area contributed by atoms with Gasteiger partial charge in [0.05, 0.1) is 0 Å². The minimum Gasteiger partial charge on any atom is -0.314 e. The first kappa shape index (κ1) is 12.4. The Bertz CT molecular complexity index is 132. The summed E-state index contributed by atoms with van der Waals surface area (Å²) in [5.41, 5.74) is 0. The number of unbranched alkanes of at least 4 members (excludes halogenated alkanes) is 2. The van der Waals surface area contributed by atoms with Gasteiger partial charge in [0.15, 0.2) is 0 Å². The summed E-state index contributed by atoms with van der Waals surface area (Å²) in [5, 5.41) is 3.67. The standard InChI is InChI=1S/C12H25NS/c1-3-5-6-7-12(13-4-2)11-8-9-14-10-11/h11-13H,3-10H2,1-2H3. The molecule has 1 aliphatic rings. The highest BCUT2D eigenvalue weighted by atomic mass is 32.2. The zero-order chi connectivity index (χ0) is 10.2. The molecule has 0 aromatic heterocycles. The van der Waals surface area contributed by atoms with E-state index in [2.05, 4.69) is 30.9 Å². The van der Waals surface area contributed by atoms with E-state index in [9.17, 15) is 0 Å². The molecule has 0 amide bonds. The van der Waals surface area contributed by atoms with Gasteiger partial charge in [-0.25, -0.2) is 0 Å². The zero-order valence-electron chi connectivity index (χ0n) is 9.72. The van der Waals surface area contributed by atoms with Gasteiger partial charge >= 0.3 is 0 Å². The fourth-order valence-corrected chi connectivity index (χ4v) is 3.59. The van der Waals surface area contributed by atoms with Crippen molar-refractivity contribution in [1.29, 1.82) is 0 Å². The summed E-state index contributed by atoms with van der Waals surface area (Å²) >= 11 is 2.14. The van der Waals surface area contributed by atoms with E-state index in [4.69, 9.17) is 0 Å². The summed E-state index contributed by atoms with van der Waals surface area (Å²) < 4.78 is 0. The van der Waals surface area contributed by atoms with E-state index < -0.39 is 0 Å². The summed E-state index contributed by atoms with van der Waals surface area (Å²) in [6.45, 7) is 5.65. The van der Waals surface area contributed by atoms with Crippen LogP contribution in [-0.2, 0) is 0 Å². The normalized spacial score (nSPS) is 24.0. The predicted molar refractivity (Wildman–Crippen MR) is 67.0 cm³/mol. The molecule has 2 unspecified atom stereocenters. The number of hydrogen-bond acceptors (Lipinski definition) is 2. The molecule has 1 heterocycles. The Hall–Kier alpha value is 0.310. The highest BCUT2D eigenvalue weighted by molar-refractivity contribution is 7.99. The quantitative estimate of drug-likeness (QED) is 0.654. The Balaban J connectivity index is 2.22. The zero-order valence-corrected chi connectivity index (χ0v) is 10.5. The molecule has 0 radical (unpaired) electrons. The van der Waals surface area contributed by atoms with Crippen LogP contribution in [0.25, 0.3) is 0 Å². The van der Waals surface area contributed by atoms with Gasteiger partial charge in [-0.15, -0.1) is 0 Å². The molecule has 0 bridgehead atoms. The van der Waals surface area contributed by atoms with E-state index in [0.717, 1.165) is 18.5 Å².